The molecule has 0 saturated heterocycles. The maximum atomic E-state index is 12.4. The second-order valence-electron chi connectivity index (χ2n) is 6.56. The Balaban J connectivity index is 2.56. The van der Waals surface area contributed by atoms with E-state index in [0.29, 0.717) is 12.8 Å². The lowest BCUT2D eigenvalue weighted by atomic mass is 9.82. The van der Waals surface area contributed by atoms with Gasteiger partial charge < -0.3 is 10.6 Å². The Kier molecular flexibility index (Phi) is 6.82. The van der Waals surface area contributed by atoms with E-state index in [2.05, 4.69) is 16.7 Å². The Morgan fingerprint density at radius 3 is 2.32 bits per heavy atom. The molecule has 0 unspecified atom stereocenters. The van der Waals surface area contributed by atoms with Crippen LogP contribution in [0.25, 0.3) is 0 Å². The minimum atomic E-state index is -0.732. The minimum Gasteiger partial charge on any atom is -0.353 e. The number of nitrogens with zero attached hydrogens (tertiary/aromatic N) is 2. The number of nitriles is 1. The summed E-state index contributed by atoms with van der Waals surface area (Å²) in [6.07, 6.45) is 4.47. The van der Waals surface area contributed by atoms with Crippen LogP contribution in [0, 0.1) is 11.3 Å². The van der Waals surface area contributed by atoms with Crippen LogP contribution in [0.2, 0.25) is 0 Å². The molecule has 124 valence electrons. The Hall–Kier alpha value is -1.61. The van der Waals surface area contributed by atoms with E-state index in [9.17, 15) is 14.9 Å². The van der Waals surface area contributed by atoms with Gasteiger partial charge in [0.25, 0.3) is 0 Å². The summed E-state index contributed by atoms with van der Waals surface area (Å²) in [5.41, 5.74) is -0.732. The highest BCUT2D eigenvalue weighted by atomic mass is 16.2. The zero-order valence-corrected chi connectivity index (χ0v) is 14.1. The number of carbonyl (C=O) groups is 2. The van der Waals surface area contributed by atoms with Crippen molar-refractivity contribution in [2.75, 3.05) is 13.6 Å². The van der Waals surface area contributed by atoms with Crippen LogP contribution in [-0.2, 0) is 9.59 Å². The van der Waals surface area contributed by atoms with E-state index in [-0.39, 0.29) is 24.4 Å². The van der Waals surface area contributed by atoms with Crippen LogP contribution in [0.4, 0.5) is 0 Å². The van der Waals surface area contributed by atoms with Crippen molar-refractivity contribution in [3.05, 3.63) is 0 Å². The highest BCUT2D eigenvalue weighted by Crippen LogP contribution is 2.27. The predicted octanol–water partition coefficient (Wildman–Crippen LogP) is 1.17. The van der Waals surface area contributed by atoms with Crippen LogP contribution in [0.5, 0.6) is 0 Å². The molecule has 1 aliphatic carbocycles. The molecule has 0 bridgehead atoms. The molecule has 2 amide bonds. The zero-order valence-electron chi connectivity index (χ0n) is 14.1. The van der Waals surface area contributed by atoms with Crippen molar-refractivity contribution in [2.45, 2.75) is 70.5 Å². The lowest BCUT2D eigenvalue weighted by Gasteiger charge is -2.34. The molecule has 0 aromatic carbocycles. The Morgan fingerprint density at radius 2 is 1.82 bits per heavy atom. The molecule has 1 rings (SSSR count). The van der Waals surface area contributed by atoms with Crippen LogP contribution >= 0.6 is 0 Å². The first-order valence-electron chi connectivity index (χ1n) is 8.02. The summed E-state index contributed by atoms with van der Waals surface area (Å²) in [6.45, 7) is 5.71. The van der Waals surface area contributed by atoms with E-state index in [0.717, 1.165) is 19.3 Å². The van der Waals surface area contributed by atoms with Crippen molar-refractivity contribution in [3.8, 4) is 6.07 Å². The number of carbonyl (C=O) groups excluding carboxylic acids is 2. The van der Waals surface area contributed by atoms with E-state index in [4.69, 9.17) is 0 Å². The van der Waals surface area contributed by atoms with Gasteiger partial charge in [-0.1, -0.05) is 19.3 Å². The van der Waals surface area contributed by atoms with Crippen molar-refractivity contribution in [1.29, 1.82) is 5.26 Å². The third-order valence-corrected chi connectivity index (χ3v) is 4.17. The lowest BCUT2D eigenvalue weighted by molar-refractivity contribution is -0.129. The smallest absolute Gasteiger partial charge is 0.238 e. The van der Waals surface area contributed by atoms with Crippen LogP contribution in [-0.4, -0.2) is 47.9 Å². The molecule has 1 atom stereocenters. The summed E-state index contributed by atoms with van der Waals surface area (Å²) in [7, 11) is 1.74. The third kappa shape index (κ3) is 5.30. The van der Waals surface area contributed by atoms with Gasteiger partial charge in [0.1, 0.15) is 5.54 Å². The van der Waals surface area contributed by atoms with Gasteiger partial charge in [0.2, 0.25) is 11.8 Å². The molecule has 0 aromatic rings. The third-order valence-electron chi connectivity index (χ3n) is 4.17. The molecule has 6 heteroatoms. The number of rotatable bonds is 6. The van der Waals surface area contributed by atoms with Gasteiger partial charge in [0.05, 0.1) is 18.7 Å². The Bertz CT molecular complexity index is 436. The summed E-state index contributed by atoms with van der Waals surface area (Å²) < 4.78 is 0. The minimum absolute atomic E-state index is 0.0779. The number of amides is 2. The standard InChI is InChI=1S/C16H28N4O2/c1-12(2)18-14(21)10-20(4)13(3)15(22)19-16(11-17)8-6-5-7-9-16/h12-13H,5-10H2,1-4H3,(H,18,21)(H,19,22)/t13-/m1/s1. The maximum absolute atomic E-state index is 12.4. The molecule has 2 N–H and O–H groups in total. The Labute approximate surface area is 133 Å². The molecule has 0 heterocycles. The zero-order chi connectivity index (χ0) is 16.8. The second-order valence-corrected chi connectivity index (χ2v) is 6.56. The predicted molar refractivity (Wildman–Crippen MR) is 84.9 cm³/mol. The van der Waals surface area contributed by atoms with Crippen molar-refractivity contribution in [2.24, 2.45) is 0 Å². The van der Waals surface area contributed by atoms with Crippen LogP contribution in [0.15, 0.2) is 0 Å². The molecule has 6 nitrogen and oxygen atoms in total. The summed E-state index contributed by atoms with van der Waals surface area (Å²) in [5, 5.41) is 15.1. The van der Waals surface area contributed by atoms with E-state index in [1.54, 1.807) is 18.9 Å². The number of hydrogen-bond acceptors (Lipinski definition) is 4. The SMILES string of the molecule is CC(C)NC(=O)CN(C)[C@H](C)C(=O)NC1(C#N)CCCCC1. The average Bonchev–Trinajstić information content (AvgIpc) is 2.46. The van der Waals surface area contributed by atoms with Crippen molar-refractivity contribution in [1.82, 2.24) is 15.5 Å². The van der Waals surface area contributed by atoms with Gasteiger partial charge in [-0.25, -0.2) is 0 Å². The summed E-state index contributed by atoms with van der Waals surface area (Å²) in [4.78, 5) is 25.8. The molecule has 1 saturated carbocycles. The maximum Gasteiger partial charge on any atom is 0.238 e. The Morgan fingerprint density at radius 1 is 1.23 bits per heavy atom. The monoisotopic (exact) mass is 308 g/mol. The van der Waals surface area contributed by atoms with Gasteiger partial charge in [-0.15, -0.1) is 0 Å². The van der Waals surface area contributed by atoms with Crippen LogP contribution in [0.1, 0.15) is 52.9 Å². The fourth-order valence-corrected chi connectivity index (χ4v) is 2.69. The van der Waals surface area contributed by atoms with Crippen molar-refractivity contribution >= 4 is 11.8 Å². The van der Waals surface area contributed by atoms with Crippen molar-refractivity contribution in [3.63, 3.8) is 0 Å². The highest BCUT2D eigenvalue weighted by molar-refractivity contribution is 5.84. The number of nitrogens with one attached hydrogen (secondary N) is 2. The normalized spacial score (nSPS) is 18.6. The molecular weight excluding hydrogens is 280 g/mol. The topological polar surface area (TPSA) is 85.2 Å². The van der Waals surface area contributed by atoms with E-state index in [1.165, 1.54) is 0 Å². The van der Waals surface area contributed by atoms with Gasteiger partial charge in [-0.05, 0) is 40.7 Å². The fourth-order valence-electron chi connectivity index (χ4n) is 2.69. The van der Waals surface area contributed by atoms with Gasteiger partial charge in [-0.2, -0.15) is 5.26 Å². The van der Waals surface area contributed by atoms with Gasteiger partial charge in [-0.3, -0.25) is 14.5 Å². The largest absolute Gasteiger partial charge is 0.353 e. The quantitative estimate of drug-likeness (QED) is 0.771. The average molecular weight is 308 g/mol. The summed E-state index contributed by atoms with van der Waals surface area (Å²) in [5.74, 6) is -0.298. The molecule has 0 radical (unpaired) electrons. The van der Waals surface area contributed by atoms with E-state index >= 15 is 0 Å². The first kappa shape index (κ1) is 18.4. The second kappa shape index (κ2) is 8.14. The lowest BCUT2D eigenvalue weighted by Crippen LogP contribution is -2.55. The van der Waals surface area contributed by atoms with Gasteiger partial charge >= 0.3 is 0 Å². The van der Waals surface area contributed by atoms with Crippen molar-refractivity contribution < 1.29 is 9.59 Å². The number of likely N-dealkylation sites (N-methyl/N-ethyl adjacent to an activating group) is 1. The van der Waals surface area contributed by atoms with Gasteiger partial charge in [0.15, 0.2) is 0 Å². The molecule has 0 aliphatic heterocycles. The highest BCUT2D eigenvalue weighted by Gasteiger charge is 2.35. The van der Waals surface area contributed by atoms with E-state index in [1.807, 2.05) is 13.8 Å². The molecular formula is C16H28N4O2. The molecule has 0 spiro atoms. The van der Waals surface area contributed by atoms with Crippen LogP contribution in [0.3, 0.4) is 0 Å². The first-order chi connectivity index (χ1) is 10.3. The fraction of sp³-hybridized carbons (Fsp3) is 0.812. The first-order valence-corrected chi connectivity index (χ1v) is 8.02. The number of hydrogen-bond donors (Lipinski definition) is 2. The van der Waals surface area contributed by atoms with Gasteiger partial charge in [0, 0.05) is 6.04 Å². The summed E-state index contributed by atoms with van der Waals surface area (Å²) in [6, 6.07) is 1.90. The van der Waals surface area contributed by atoms with E-state index < -0.39 is 11.6 Å². The van der Waals surface area contributed by atoms with Crippen LogP contribution < -0.4 is 10.6 Å². The molecule has 1 fully saturated rings. The molecule has 22 heavy (non-hydrogen) atoms. The summed E-state index contributed by atoms with van der Waals surface area (Å²) >= 11 is 0. The molecule has 0 aromatic heterocycles. The molecule has 1 aliphatic rings.